The smallest absolute Gasteiger partial charge is 0.264 e. The summed E-state index contributed by atoms with van der Waals surface area (Å²) in [6.45, 7) is 9.56. The third-order valence-corrected chi connectivity index (χ3v) is 8.59. The van der Waals surface area contributed by atoms with E-state index in [0.717, 1.165) is 33.0 Å². The van der Waals surface area contributed by atoms with Crippen LogP contribution in [-0.4, -0.2) is 51.4 Å². The first-order valence-electron chi connectivity index (χ1n) is 13.9. The highest BCUT2D eigenvalue weighted by Crippen LogP contribution is 2.27. The molecule has 0 unspecified atom stereocenters. The molecule has 220 valence electrons. The fraction of sp³-hybridized carbons (Fsp3) is 0.375. The molecule has 3 rings (SSSR count). The first kappa shape index (κ1) is 31.7. The topological polar surface area (TPSA) is 96.0 Å². The summed E-state index contributed by atoms with van der Waals surface area (Å²) in [5.74, 6) is -0.136. The van der Waals surface area contributed by atoms with Crippen LogP contribution in [0.1, 0.15) is 48.9 Å². The van der Waals surface area contributed by atoms with Crippen molar-refractivity contribution in [2.45, 2.75) is 64.9 Å². The van der Waals surface area contributed by atoms with Gasteiger partial charge in [0.25, 0.3) is 10.0 Å². The Bertz CT molecular complexity index is 1430. The number of benzene rings is 3. The lowest BCUT2D eigenvalue weighted by Crippen LogP contribution is -2.52. The highest BCUT2D eigenvalue weighted by atomic mass is 32.2. The summed E-state index contributed by atoms with van der Waals surface area (Å²) in [5, 5.41) is 2.90. The lowest BCUT2D eigenvalue weighted by atomic mass is 10.1. The molecule has 0 heterocycles. The third-order valence-electron chi connectivity index (χ3n) is 6.80. The Morgan fingerprint density at radius 1 is 0.902 bits per heavy atom. The molecule has 0 aromatic heterocycles. The number of rotatable bonds is 13. The van der Waals surface area contributed by atoms with Gasteiger partial charge in [-0.2, -0.15) is 0 Å². The Kier molecular flexibility index (Phi) is 10.9. The second-order valence-electron chi connectivity index (χ2n) is 10.3. The fourth-order valence-electron chi connectivity index (χ4n) is 4.71. The van der Waals surface area contributed by atoms with E-state index in [1.165, 1.54) is 4.90 Å². The van der Waals surface area contributed by atoms with E-state index in [-0.39, 0.29) is 17.3 Å². The fourth-order valence-corrected chi connectivity index (χ4v) is 6.11. The number of ether oxygens (including phenoxy) is 1. The van der Waals surface area contributed by atoms with Crippen LogP contribution in [0.4, 0.5) is 5.69 Å². The normalized spacial score (nSPS) is 12.0. The Morgan fingerprint density at radius 2 is 1.56 bits per heavy atom. The minimum atomic E-state index is -4.12. The van der Waals surface area contributed by atoms with Crippen molar-refractivity contribution < 1.29 is 22.7 Å². The van der Waals surface area contributed by atoms with Gasteiger partial charge in [0.1, 0.15) is 18.3 Å². The van der Waals surface area contributed by atoms with Gasteiger partial charge in [-0.1, -0.05) is 49.7 Å². The average Bonchev–Trinajstić information content (AvgIpc) is 2.94. The zero-order valence-corrected chi connectivity index (χ0v) is 25.6. The monoisotopic (exact) mass is 579 g/mol. The predicted molar refractivity (Wildman–Crippen MR) is 163 cm³/mol. The molecule has 9 heteroatoms. The molecule has 3 aromatic carbocycles. The van der Waals surface area contributed by atoms with E-state index in [9.17, 15) is 18.0 Å². The Morgan fingerprint density at radius 3 is 2.15 bits per heavy atom. The molecule has 0 bridgehead atoms. The molecule has 0 fully saturated rings. The van der Waals surface area contributed by atoms with Gasteiger partial charge in [-0.3, -0.25) is 13.9 Å². The van der Waals surface area contributed by atoms with Crippen LogP contribution in [0.3, 0.4) is 0 Å². The van der Waals surface area contributed by atoms with Crippen molar-refractivity contribution in [1.82, 2.24) is 10.2 Å². The van der Waals surface area contributed by atoms with Gasteiger partial charge in [-0.05, 0) is 86.7 Å². The van der Waals surface area contributed by atoms with Gasteiger partial charge in [0.05, 0.1) is 17.7 Å². The van der Waals surface area contributed by atoms with E-state index in [0.29, 0.717) is 24.4 Å². The maximum atomic E-state index is 14.2. The van der Waals surface area contributed by atoms with Gasteiger partial charge in [0.2, 0.25) is 11.8 Å². The highest BCUT2D eigenvalue weighted by Gasteiger charge is 2.33. The van der Waals surface area contributed by atoms with Crippen molar-refractivity contribution in [3.8, 4) is 5.75 Å². The number of nitrogens with zero attached hydrogens (tertiary/aromatic N) is 2. The SMILES string of the molecule is CCCNC(=O)[C@@H](CC)N(Cc1cccc(OC)c1)C(=O)CN(c1cc(C)cc(C)c1)S(=O)(=O)c1ccc(C)cc1. The van der Waals surface area contributed by atoms with Crippen LogP contribution in [0.25, 0.3) is 0 Å². The summed E-state index contributed by atoms with van der Waals surface area (Å²) in [7, 11) is -2.56. The Labute approximate surface area is 244 Å². The van der Waals surface area contributed by atoms with E-state index >= 15 is 0 Å². The number of nitrogens with one attached hydrogen (secondary N) is 1. The number of amides is 2. The van der Waals surface area contributed by atoms with E-state index in [1.807, 2.05) is 58.9 Å². The van der Waals surface area contributed by atoms with E-state index < -0.39 is 28.5 Å². The first-order chi connectivity index (χ1) is 19.5. The lowest BCUT2D eigenvalue weighted by molar-refractivity contribution is -0.140. The summed E-state index contributed by atoms with van der Waals surface area (Å²) in [6, 6.07) is 18.5. The largest absolute Gasteiger partial charge is 0.497 e. The van der Waals surface area contributed by atoms with Gasteiger partial charge in [0, 0.05) is 13.1 Å². The van der Waals surface area contributed by atoms with Crippen LogP contribution in [-0.2, 0) is 26.2 Å². The maximum Gasteiger partial charge on any atom is 0.264 e. The first-order valence-corrected chi connectivity index (χ1v) is 15.3. The molecule has 0 aliphatic carbocycles. The number of aryl methyl sites for hydroxylation is 3. The van der Waals surface area contributed by atoms with Crippen molar-refractivity contribution in [3.63, 3.8) is 0 Å². The van der Waals surface area contributed by atoms with Gasteiger partial charge in [-0.15, -0.1) is 0 Å². The summed E-state index contributed by atoms with van der Waals surface area (Å²) >= 11 is 0. The molecule has 1 atom stereocenters. The molecule has 0 saturated heterocycles. The average molecular weight is 580 g/mol. The molecule has 41 heavy (non-hydrogen) atoms. The number of carbonyl (C=O) groups is 2. The highest BCUT2D eigenvalue weighted by molar-refractivity contribution is 7.92. The van der Waals surface area contributed by atoms with E-state index in [1.54, 1.807) is 49.6 Å². The van der Waals surface area contributed by atoms with Crippen molar-refractivity contribution >= 4 is 27.5 Å². The Balaban J connectivity index is 2.09. The molecule has 2 amide bonds. The zero-order valence-electron chi connectivity index (χ0n) is 24.8. The molecule has 8 nitrogen and oxygen atoms in total. The number of hydrogen-bond acceptors (Lipinski definition) is 5. The molecule has 0 aliphatic heterocycles. The standard InChI is InChI=1S/C32H41N3O5S/c1-7-16-33-32(37)30(8-2)34(21-26-10-9-11-28(20-26)40-6)31(36)22-35(27-18-24(4)17-25(5)19-27)41(38,39)29-14-12-23(3)13-15-29/h9-15,17-20,30H,7-8,16,21-22H2,1-6H3,(H,33,37)/t30-/m1/s1. The minimum absolute atomic E-state index is 0.0853. The molecule has 3 aromatic rings. The molecular weight excluding hydrogens is 538 g/mol. The van der Waals surface area contributed by atoms with Crippen molar-refractivity contribution in [1.29, 1.82) is 0 Å². The summed E-state index contributed by atoms with van der Waals surface area (Å²) in [5.41, 5.74) is 3.82. The van der Waals surface area contributed by atoms with E-state index in [4.69, 9.17) is 4.74 Å². The quantitative estimate of drug-likeness (QED) is 0.302. The molecule has 0 radical (unpaired) electrons. The summed E-state index contributed by atoms with van der Waals surface area (Å²) < 4.78 is 34.6. The number of hydrogen-bond donors (Lipinski definition) is 1. The van der Waals surface area contributed by atoms with Gasteiger partial charge < -0.3 is 15.0 Å². The van der Waals surface area contributed by atoms with Crippen LogP contribution in [0.2, 0.25) is 0 Å². The zero-order chi connectivity index (χ0) is 30.2. The molecule has 0 saturated carbocycles. The van der Waals surface area contributed by atoms with Crippen molar-refractivity contribution in [3.05, 3.63) is 89.0 Å². The second kappa shape index (κ2) is 14.2. The molecule has 0 aliphatic rings. The summed E-state index contributed by atoms with van der Waals surface area (Å²) in [6.07, 6.45) is 1.11. The van der Waals surface area contributed by atoms with E-state index in [2.05, 4.69) is 5.32 Å². The van der Waals surface area contributed by atoms with Crippen LogP contribution >= 0.6 is 0 Å². The van der Waals surface area contributed by atoms with Gasteiger partial charge in [-0.25, -0.2) is 8.42 Å². The maximum absolute atomic E-state index is 14.2. The van der Waals surface area contributed by atoms with Gasteiger partial charge in [0.15, 0.2) is 0 Å². The van der Waals surface area contributed by atoms with Crippen LogP contribution in [0, 0.1) is 20.8 Å². The lowest BCUT2D eigenvalue weighted by Gasteiger charge is -2.33. The van der Waals surface area contributed by atoms with Crippen LogP contribution in [0.15, 0.2) is 71.6 Å². The number of anilines is 1. The van der Waals surface area contributed by atoms with Crippen molar-refractivity contribution in [2.24, 2.45) is 0 Å². The third kappa shape index (κ3) is 8.10. The Hall–Kier alpha value is -3.85. The number of sulfonamides is 1. The second-order valence-corrected chi connectivity index (χ2v) is 12.1. The minimum Gasteiger partial charge on any atom is -0.497 e. The molecule has 0 spiro atoms. The van der Waals surface area contributed by atoms with Gasteiger partial charge >= 0.3 is 0 Å². The predicted octanol–water partition coefficient (Wildman–Crippen LogP) is 5.15. The number of methoxy groups -OCH3 is 1. The van der Waals surface area contributed by atoms with Crippen LogP contribution < -0.4 is 14.4 Å². The summed E-state index contributed by atoms with van der Waals surface area (Å²) in [4.78, 5) is 29.0. The number of carbonyl (C=O) groups excluding carboxylic acids is 2. The van der Waals surface area contributed by atoms with Crippen LogP contribution in [0.5, 0.6) is 5.75 Å². The molecule has 1 N–H and O–H groups in total. The van der Waals surface area contributed by atoms with Crippen molar-refractivity contribution in [2.75, 3.05) is 24.5 Å². The molecular formula is C32H41N3O5S.